The highest BCUT2D eigenvalue weighted by atomic mass is 16.6. The smallest absolute Gasteiger partial charge is 0.411 e. The lowest BCUT2D eigenvalue weighted by Gasteiger charge is -2.14. The van der Waals surface area contributed by atoms with Crippen molar-refractivity contribution in [1.82, 2.24) is 14.8 Å². The van der Waals surface area contributed by atoms with Gasteiger partial charge < -0.3 is 19.9 Å². The lowest BCUT2D eigenvalue weighted by atomic mass is 10.2. The third-order valence-electron chi connectivity index (χ3n) is 3.93. The summed E-state index contributed by atoms with van der Waals surface area (Å²) in [5, 5.41) is 4.64. The van der Waals surface area contributed by atoms with Gasteiger partial charge in [-0.15, -0.1) is 0 Å². The van der Waals surface area contributed by atoms with Gasteiger partial charge in [-0.1, -0.05) is 0 Å². The van der Waals surface area contributed by atoms with Gasteiger partial charge in [0, 0.05) is 12.3 Å². The van der Waals surface area contributed by atoms with E-state index >= 15 is 0 Å². The molecular weight excluding hydrogens is 324 g/mol. The van der Waals surface area contributed by atoms with E-state index in [4.69, 9.17) is 19.9 Å². The minimum atomic E-state index is -0.923. The van der Waals surface area contributed by atoms with E-state index in [-0.39, 0.29) is 5.88 Å². The van der Waals surface area contributed by atoms with Gasteiger partial charge in [-0.2, -0.15) is 5.10 Å². The first-order valence-electron chi connectivity index (χ1n) is 8.23. The number of primary amides is 1. The Hall–Kier alpha value is -3.03. The van der Waals surface area contributed by atoms with Crippen LogP contribution in [0.5, 0.6) is 17.4 Å². The highest BCUT2D eigenvalue weighted by molar-refractivity contribution is 5.67. The van der Waals surface area contributed by atoms with Crippen molar-refractivity contribution in [3.8, 4) is 17.4 Å². The average molecular weight is 342 g/mol. The number of carbonyl (C=O) groups excluding carboxylic acids is 1. The summed E-state index contributed by atoms with van der Waals surface area (Å²) in [7, 11) is 0. The fourth-order valence-electron chi connectivity index (χ4n) is 2.61. The van der Waals surface area contributed by atoms with E-state index in [1.807, 2.05) is 17.0 Å². The van der Waals surface area contributed by atoms with Crippen molar-refractivity contribution in [2.24, 2.45) is 5.73 Å². The molecule has 4 rings (SSSR count). The van der Waals surface area contributed by atoms with Crippen LogP contribution in [0.3, 0.4) is 0 Å². The van der Waals surface area contributed by atoms with Gasteiger partial charge in [0.1, 0.15) is 11.5 Å². The maximum absolute atomic E-state index is 10.9. The molecule has 2 aromatic rings. The van der Waals surface area contributed by atoms with Crippen molar-refractivity contribution in [3.63, 3.8) is 0 Å². The van der Waals surface area contributed by atoms with Gasteiger partial charge in [0.05, 0.1) is 18.8 Å². The van der Waals surface area contributed by atoms with Gasteiger partial charge in [-0.05, 0) is 37.8 Å². The molecule has 0 atom stereocenters. The highest BCUT2D eigenvalue weighted by Crippen LogP contribution is 2.39. The molecule has 130 valence electrons. The van der Waals surface area contributed by atoms with Crippen molar-refractivity contribution < 1.29 is 19.0 Å². The minimum absolute atomic E-state index is 0.0780. The van der Waals surface area contributed by atoms with E-state index in [1.165, 1.54) is 12.3 Å². The first kappa shape index (κ1) is 15.5. The van der Waals surface area contributed by atoms with Crippen LogP contribution in [0.2, 0.25) is 0 Å². The van der Waals surface area contributed by atoms with Crippen LogP contribution in [0.4, 0.5) is 4.79 Å². The van der Waals surface area contributed by atoms with Gasteiger partial charge >= 0.3 is 6.09 Å². The van der Waals surface area contributed by atoms with E-state index in [1.54, 1.807) is 6.07 Å². The maximum atomic E-state index is 10.9. The molecule has 0 radical (unpaired) electrons. The third kappa shape index (κ3) is 3.57. The second-order valence-electron chi connectivity index (χ2n) is 5.97. The number of hydrogen-bond donors (Lipinski definition) is 1. The zero-order chi connectivity index (χ0) is 17.2. The zero-order valence-corrected chi connectivity index (χ0v) is 13.6. The van der Waals surface area contributed by atoms with E-state index in [0.717, 1.165) is 31.4 Å². The molecule has 1 amide bonds. The van der Waals surface area contributed by atoms with Crippen molar-refractivity contribution in [2.75, 3.05) is 6.61 Å². The van der Waals surface area contributed by atoms with Crippen molar-refractivity contribution in [3.05, 3.63) is 36.3 Å². The summed E-state index contributed by atoms with van der Waals surface area (Å²) in [4.78, 5) is 14.8. The summed E-state index contributed by atoms with van der Waals surface area (Å²) in [6.45, 7) is 0.674. The third-order valence-corrected chi connectivity index (χ3v) is 3.93. The molecule has 8 nitrogen and oxygen atoms in total. The Morgan fingerprint density at radius 3 is 3.00 bits per heavy atom. The lowest BCUT2D eigenvalue weighted by Crippen LogP contribution is -2.16. The summed E-state index contributed by atoms with van der Waals surface area (Å²) >= 11 is 0. The Labute approximate surface area is 144 Å². The molecular formula is C17H18N4O4. The number of rotatable bonds is 5. The van der Waals surface area contributed by atoms with Crippen LogP contribution in [0.15, 0.2) is 30.6 Å². The average Bonchev–Trinajstić information content (AvgIpc) is 3.37. The van der Waals surface area contributed by atoms with Gasteiger partial charge in [-0.3, -0.25) is 4.68 Å². The predicted octanol–water partition coefficient (Wildman–Crippen LogP) is 3.01. The number of nitrogens with zero attached hydrogens (tertiary/aromatic N) is 3. The predicted molar refractivity (Wildman–Crippen MR) is 88.2 cm³/mol. The molecule has 25 heavy (non-hydrogen) atoms. The number of hydrogen-bond acceptors (Lipinski definition) is 6. The summed E-state index contributed by atoms with van der Waals surface area (Å²) in [6.07, 6.45) is 8.66. The standard InChI is InChI=1S/C17H18N4O4/c18-17(22)25-15-9-12(6-7-19-15)24-14-10-21(11-4-5-11)20-16(14)13-3-1-2-8-23-13/h3,6-7,9-11H,1-2,4-5,8H2,(H2,18,22). The lowest BCUT2D eigenvalue weighted by molar-refractivity contribution is 0.209. The quantitative estimate of drug-likeness (QED) is 0.896. The van der Waals surface area contributed by atoms with E-state index in [0.29, 0.717) is 29.8 Å². The Kier molecular flexibility index (Phi) is 4.01. The number of ether oxygens (including phenoxy) is 3. The number of pyridine rings is 1. The van der Waals surface area contributed by atoms with Gasteiger partial charge in [0.15, 0.2) is 11.4 Å². The molecule has 1 aliphatic heterocycles. The molecule has 0 unspecified atom stereocenters. The topological polar surface area (TPSA) is 101 Å². The van der Waals surface area contributed by atoms with E-state index in [9.17, 15) is 4.79 Å². The number of carbonyl (C=O) groups is 1. The monoisotopic (exact) mass is 342 g/mol. The number of allylic oxidation sites excluding steroid dienone is 1. The molecule has 2 aromatic heterocycles. The Balaban J connectivity index is 1.63. The summed E-state index contributed by atoms with van der Waals surface area (Å²) < 4.78 is 18.4. The second kappa shape index (κ2) is 6.46. The largest absolute Gasteiger partial charge is 0.491 e. The van der Waals surface area contributed by atoms with Gasteiger partial charge in [0.25, 0.3) is 0 Å². The molecule has 0 saturated heterocycles. The Morgan fingerprint density at radius 2 is 2.28 bits per heavy atom. The van der Waals surface area contributed by atoms with Gasteiger partial charge in [0.2, 0.25) is 5.88 Å². The number of nitrogens with two attached hydrogens (primary N) is 1. The fraction of sp³-hybridized carbons (Fsp3) is 0.353. The first-order valence-corrected chi connectivity index (χ1v) is 8.23. The Bertz CT molecular complexity index is 826. The summed E-state index contributed by atoms with van der Waals surface area (Å²) in [5.74, 6) is 1.88. The summed E-state index contributed by atoms with van der Waals surface area (Å²) in [5.41, 5.74) is 5.69. The maximum Gasteiger partial charge on any atom is 0.411 e. The molecule has 1 aliphatic carbocycles. The minimum Gasteiger partial charge on any atom is -0.491 e. The van der Waals surface area contributed by atoms with Crippen molar-refractivity contribution >= 4 is 11.9 Å². The molecule has 1 saturated carbocycles. The summed E-state index contributed by atoms with van der Waals surface area (Å²) in [6, 6.07) is 3.59. The Morgan fingerprint density at radius 1 is 1.40 bits per heavy atom. The van der Waals surface area contributed by atoms with Crippen molar-refractivity contribution in [1.29, 1.82) is 0 Å². The van der Waals surface area contributed by atoms with Gasteiger partial charge in [-0.25, -0.2) is 9.78 Å². The van der Waals surface area contributed by atoms with Crippen LogP contribution in [-0.2, 0) is 4.74 Å². The SMILES string of the molecule is NC(=O)Oc1cc(Oc2cn(C3CC3)nc2C2=CCCCO2)ccn1. The fourth-order valence-corrected chi connectivity index (χ4v) is 2.61. The zero-order valence-electron chi connectivity index (χ0n) is 13.6. The molecule has 0 bridgehead atoms. The number of aromatic nitrogens is 3. The molecule has 3 heterocycles. The molecule has 8 heteroatoms. The highest BCUT2D eigenvalue weighted by Gasteiger charge is 2.28. The number of amides is 1. The van der Waals surface area contributed by atoms with Crippen LogP contribution < -0.4 is 15.2 Å². The van der Waals surface area contributed by atoms with Crippen LogP contribution in [0.25, 0.3) is 5.76 Å². The van der Waals surface area contributed by atoms with Crippen LogP contribution in [0, 0.1) is 0 Å². The normalized spacial score (nSPS) is 16.7. The molecule has 0 aromatic carbocycles. The molecule has 2 N–H and O–H groups in total. The van der Waals surface area contributed by atoms with Crippen molar-refractivity contribution in [2.45, 2.75) is 31.7 Å². The first-order chi connectivity index (χ1) is 12.2. The van der Waals surface area contributed by atoms with E-state index in [2.05, 4.69) is 10.1 Å². The van der Waals surface area contributed by atoms with Crippen LogP contribution in [0.1, 0.15) is 37.4 Å². The van der Waals surface area contributed by atoms with Crippen LogP contribution in [-0.4, -0.2) is 27.5 Å². The molecule has 1 fully saturated rings. The molecule has 2 aliphatic rings. The second-order valence-corrected chi connectivity index (χ2v) is 5.97. The van der Waals surface area contributed by atoms with Crippen LogP contribution >= 0.6 is 0 Å². The molecule has 0 spiro atoms. The van der Waals surface area contributed by atoms with E-state index < -0.39 is 6.09 Å².